The van der Waals surface area contributed by atoms with Gasteiger partial charge >= 0.3 is 0 Å². The number of carbonyl (C=O) groups is 1. The lowest BCUT2D eigenvalue weighted by molar-refractivity contribution is -0.121. The Morgan fingerprint density at radius 3 is 2.90 bits per heavy atom. The Hall–Kier alpha value is -2.49. The molecule has 1 unspecified atom stereocenters. The topological polar surface area (TPSA) is 89.6 Å². The zero-order chi connectivity index (χ0) is 20.2. The number of amides is 1. The van der Waals surface area contributed by atoms with Crippen molar-refractivity contribution in [3.63, 3.8) is 0 Å². The summed E-state index contributed by atoms with van der Waals surface area (Å²) >= 11 is 1.43. The summed E-state index contributed by atoms with van der Waals surface area (Å²) in [6, 6.07) is 5.63. The van der Waals surface area contributed by atoms with Crippen molar-refractivity contribution in [2.24, 2.45) is 0 Å². The second kappa shape index (κ2) is 8.89. The molecule has 1 atom stereocenters. The molecule has 8 nitrogen and oxygen atoms in total. The van der Waals surface area contributed by atoms with Crippen molar-refractivity contribution in [1.29, 1.82) is 0 Å². The zero-order valence-electron chi connectivity index (χ0n) is 16.3. The van der Waals surface area contributed by atoms with Crippen molar-refractivity contribution >= 4 is 27.5 Å². The first-order valence-electron chi connectivity index (χ1n) is 9.69. The molecule has 3 aromatic heterocycles. The van der Waals surface area contributed by atoms with Gasteiger partial charge in [0.05, 0.1) is 31.0 Å². The number of fused-ring (bicyclic) bond motifs is 1. The molecule has 0 aliphatic carbocycles. The highest BCUT2D eigenvalue weighted by atomic mass is 32.1. The number of carbonyl (C=O) groups excluding carboxylic acids is 1. The molecule has 1 aliphatic rings. The summed E-state index contributed by atoms with van der Waals surface area (Å²) in [6.07, 6.45) is 1.72. The maximum Gasteiger partial charge on any atom is 0.262 e. The molecular weight excluding hydrogens is 392 g/mol. The number of ether oxygens (including phenoxy) is 1. The van der Waals surface area contributed by atoms with Gasteiger partial charge in [0.1, 0.15) is 16.4 Å². The Morgan fingerprint density at radius 2 is 2.14 bits per heavy atom. The maximum absolute atomic E-state index is 12.4. The SMILES string of the molecule is Cc1ccc(C(CNC(=O)CCn2cnc3sccc3c2=O)N2CCOCC2)o1. The third kappa shape index (κ3) is 4.58. The van der Waals surface area contributed by atoms with E-state index in [1.807, 2.05) is 24.4 Å². The fourth-order valence-corrected chi connectivity index (χ4v) is 4.23. The summed E-state index contributed by atoms with van der Waals surface area (Å²) in [7, 11) is 0. The Kier molecular flexibility index (Phi) is 6.08. The van der Waals surface area contributed by atoms with Crippen molar-refractivity contribution in [3.05, 3.63) is 51.8 Å². The van der Waals surface area contributed by atoms with Crippen LogP contribution in [-0.4, -0.2) is 53.2 Å². The highest BCUT2D eigenvalue weighted by Gasteiger charge is 2.25. The predicted molar refractivity (Wildman–Crippen MR) is 110 cm³/mol. The summed E-state index contributed by atoms with van der Waals surface area (Å²) in [5.41, 5.74) is -0.110. The molecule has 0 saturated carbocycles. The molecule has 0 aromatic carbocycles. The monoisotopic (exact) mass is 416 g/mol. The van der Waals surface area contributed by atoms with Crippen LogP contribution in [0.25, 0.3) is 10.2 Å². The molecule has 154 valence electrons. The molecule has 1 aliphatic heterocycles. The largest absolute Gasteiger partial charge is 0.465 e. The first kappa shape index (κ1) is 19.8. The molecule has 29 heavy (non-hydrogen) atoms. The van der Waals surface area contributed by atoms with Crippen molar-refractivity contribution in [3.8, 4) is 0 Å². The number of thiophene rings is 1. The Balaban J connectivity index is 1.37. The van der Waals surface area contributed by atoms with Crippen LogP contribution in [0, 0.1) is 6.92 Å². The molecule has 9 heteroatoms. The van der Waals surface area contributed by atoms with E-state index < -0.39 is 0 Å². The van der Waals surface area contributed by atoms with Gasteiger partial charge in [0.25, 0.3) is 5.56 Å². The van der Waals surface area contributed by atoms with Gasteiger partial charge < -0.3 is 14.5 Å². The van der Waals surface area contributed by atoms with Crippen molar-refractivity contribution in [2.75, 3.05) is 32.8 Å². The fraction of sp³-hybridized carbons (Fsp3) is 0.450. The summed E-state index contributed by atoms with van der Waals surface area (Å²) in [4.78, 5) is 32.1. The van der Waals surface area contributed by atoms with E-state index in [1.165, 1.54) is 22.2 Å². The minimum Gasteiger partial charge on any atom is -0.465 e. The van der Waals surface area contributed by atoms with Crippen molar-refractivity contribution in [1.82, 2.24) is 19.8 Å². The van der Waals surface area contributed by atoms with E-state index in [0.29, 0.717) is 31.7 Å². The number of aromatic nitrogens is 2. The molecule has 4 heterocycles. The minimum absolute atomic E-state index is 0.0388. The minimum atomic E-state index is -0.110. The van der Waals surface area contributed by atoms with Crippen LogP contribution in [0.1, 0.15) is 24.0 Å². The van der Waals surface area contributed by atoms with Gasteiger partial charge in [0, 0.05) is 32.6 Å². The lowest BCUT2D eigenvalue weighted by atomic mass is 10.1. The lowest BCUT2D eigenvalue weighted by Gasteiger charge is -2.33. The van der Waals surface area contributed by atoms with Crippen molar-refractivity contribution in [2.45, 2.75) is 25.9 Å². The molecule has 1 N–H and O–H groups in total. The Labute approximate surface area is 172 Å². The number of hydrogen-bond acceptors (Lipinski definition) is 7. The molecular formula is C20H24N4O4S. The van der Waals surface area contributed by atoms with Gasteiger partial charge in [0.2, 0.25) is 5.91 Å². The summed E-state index contributed by atoms with van der Waals surface area (Å²) in [6.45, 7) is 5.59. The van der Waals surface area contributed by atoms with Gasteiger partial charge in [-0.05, 0) is 30.5 Å². The molecule has 1 saturated heterocycles. The van der Waals surface area contributed by atoms with E-state index in [0.717, 1.165) is 29.4 Å². The third-order valence-electron chi connectivity index (χ3n) is 5.10. The average molecular weight is 417 g/mol. The van der Waals surface area contributed by atoms with Gasteiger partial charge in [0.15, 0.2) is 0 Å². The van der Waals surface area contributed by atoms with Gasteiger partial charge in [-0.3, -0.25) is 19.1 Å². The molecule has 3 aromatic rings. The number of rotatable bonds is 7. The number of furan rings is 1. The van der Waals surface area contributed by atoms with E-state index in [4.69, 9.17) is 9.15 Å². The van der Waals surface area contributed by atoms with Crippen LogP contribution in [0.2, 0.25) is 0 Å². The number of nitrogens with one attached hydrogen (secondary N) is 1. The molecule has 0 radical (unpaired) electrons. The van der Waals surface area contributed by atoms with Gasteiger partial charge in [-0.15, -0.1) is 11.3 Å². The Bertz CT molecular complexity index is 1030. The van der Waals surface area contributed by atoms with Gasteiger partial charge in [-0.25, -0.2) is 4.98 Å². The average Bonchev–Trinajstić information content (AvgIpc) is 3.38. The quantitative estimate of drug-likeness (QED) is 0.633. The normalized spacial score (nSPS) is 16.2. The zero-order valence-corrected chi connectivity index (χ0v) is 17.1. The van der Waals surface area contributed by atoms with Gasteiger partial charge in [-0.2, -0.15) is 0 Å². The first-order valence-corrected chi connectivity index (χ1v) is 10.6. The van der Waals surface area contributed by atoms with Crippen LogP contribution in [0.15, 0.2) is 39.1 Å². The summed E-state index contributed by atoms with van der Waals surface area (Å²) in [5, 5.41) is 5.44. The van der Waals surface area contributed by atoms with Crippen LogP contribution in [-0.2, 0) is 16.1 Å². The number of nitrogens with zero attached hydrogens (tertiary/aromatic N) is 3. The highest BCUT2D eigenvalue weighted by molar-refractivity contribution is 7.16. The summed E-state index contributed by atoms with van der Waals surface area (Å²) in [5.74, 6) is 1.58. The van der Waals surface area contributed by atoms with Crippen LogP contribution in [0.5, 0.6) is 0 Å². The van der Waals surface area contributed by atoms with E-state index in [2.05, 4.69) is 15.2 Å². The molecule has 0 spiro atoms. The summed E-state index contributed by atoms with van der Waals surface area (Å²) < 4.78 is 12.8. The second-order valence-electron chi connectivity index (χ2n) is 7.05. The van der Waals surface area contributed by atoms with Crippen LogP contribution >= 0.6 is 11.3 Å². The lowest BCUT2D eigenvalue weighted by Crippen LogP contribution is -2.43. The highest BCUT2D eigenvalue weighted by Crippen LogP contribution is 2.23. The van der Waals surface area contributed by atoms with Crippen molar-refractivity contribution < 1.29 is 13.9 Å². The van der Waals surface area contributed by atoms with E-state index in [9.17, 15) is 9.59 Å². The van der Waals surface area contributed by atoms with E-state index in [1.54, 1.807) is 6.07 Å². The Morgan fingerprint density at radius 1 is 1.31 bits per heavy atom. The number of aryl methyl sites for hydroxylation is 2. The smallest absolute Gasteiger partial charge is 0.262 e. The molecule has 1 fully saturated rings. The van der Waals surface area contributed by atoms with Crippen LogP contribution < -0.4 is 10.9 Å². The molecule has 4 rings (SSSR count). The number of morpholine rings is 1. The van der Waals surface area contributed by atoms with Gasteiger partial charge in [-0.1, -0.05) is 0 Å². The maximum atomic E-state index is 12.4. The first-order chi connectivity index (χ1) is 14.1. The number of hydrogen-bond donors (Lipinski definition) is 1. The van der Waals surface area contributed by atoms with Crippen LogP contribution in [0.3, 0.4) is 0 Å². The van der Waals surface area contributed by atoms with E-state index >= 15 is 0 Å². The molecule has 1 amide bonds. The van der Waals surface area contributed by atoms with Crippen LogP contribution in [0.4, 0.5) is 0 Å². The fourth-order valence-electron chi connectivity index (χ4n) is 3.50. The molecule has 0 bridgehead atoms. The third-order valence-corrected chi connectivity index (χ3v) is 5.92. The second-order valence-corrected chi connectivity index (χ2v) is 7.94. The standard InChI is InChI=1S/C20H24N4O4S/c1-14-2-3-17(28-14)16(23-7-9-27-10-8-23)12-21-18(25)4-6-24-13-22-19-15(20(24)26)5-11-29-19/h2-3,5,11,13,16H,4,6-10,12H2,1H3,(H,21,25). The van der Waals surface area contributed by atoms with E-state index in [-0.39, 0.29) is 23.9 Å². The predicted octanol–water partition coefficient (Wildman–Crippen LogP) is 1.94.